The molecule has 0 aliphatic carbocycles. The van der Waals surface area contributed by atoms with Crippen LogP contribution >= 0.6 is 0 Å². The van der Waals surface area contributed by atoms with Crippen LogP contribution < -0.4 is 5.73 Å². The highest BCUT2D eigenvalue weighted by atomic mass is 15.3. The van der Waals surface area contributed by atoms with E-state index < -0.39 is 0 Å². The molecule has 1 aliphatic rings. The van der Waals surface area contributed by atoms with Crippen LogP contribution in [-0.4, -0.2) is 39.3 Å². The third-order valence-corrected chi connectivity index (χ3v) is 3.54. The van der Waals surface area contributed by atoms with Gasteiger partial charge in [0.25, 0.3) is 0 Å². The summed E-state index contributed by atoms with van der Waals surface area (Å²) in [6.45, 7) is 9.42. The van der Waals surface area contributed by atoms with Crippen molar-refractivity contribution < 1.29 is 0 Å². The lowest BCUT2D eigenvalue weighted by Crippen LogP contribution is -2.24. The molecule has 1 atom stereocenters. The quantitative estimate of drug-likeness (QED) is 0.822. The van der Waals surface area contributed by atoms with Gasteiger partial charge in [0.15, 0.2) is 0 Å². The second-order valence-corrected chi connectivity index (χ2v) is 5.72. The minimum absolute atomic E-state index is 0.606. The van der Waals surface area contributed by atoms with Crippen LogP contribution in [0.2, 0.25) is 0 Å². The number of nitrogens with two attached hydrogens (primary N) is 1. The van der Waals surface area contributed by atoms with Gasteiger partial charge in [-0.1, -0.05) is 13.8 Å². The van der Waals surface area contributed by atoms with Crippen molar-refractivity contribution in [1.82, 2.24) is 19.7 Å². The van der Waals surface area contributed by atoms with Crippen LogP contribution in [0.1, 0.15) is 32.5 Å². The van der Waals surface area contributed by atoms with E-state index in [9.17, 15) is 0 Å². The molecule has 0 aromatic carbocycles. The Kier molecular flexibility index (Phi) is 4.72. The number of nitrogens with zero attached hydrogens (tertiary/aromatic N) is 4. The third kappa shape index (κ3) is 3.53. The minimum Gasteiger partial charge on any atom is -0.330 e. The molecule has 5 nitrogen and oxygen atoms in total. The Balaban J connectivity index is 1.88. The summed E-state index contributed by atoms with van der Waals surface area (Å²) in [5.41, 5.74) is 5.62. The molecule has 2 heterocycles. The van der Waals surface area contributed by atoms with E-state index in [1.165, 1.54) is 13.0 Å². The van der Waals surface area contributed by atoms with Gasteiger partial charge in [-0.2, -0.15) is 5.10 Å². The van der Waals surface area contributed by atoms with Crippen molar-refractivity contribution in [3.05, 3.63) is 12.2 Å². The van der Waals surface area contributed by atoms with Crippen molar-refractivity contribution >= 4 is 0 Å². The van der Waals surface area contributed by atoms with Crippen LogP contribution in [0.4, 0.5) is 0 Å². The molecule has 1 aromatic rings. The Hall–Kier alpha value is -0.940. The molecule has 0 spiro atoms. The van der Waals surface area contributed by atoms with E-state index in [4.69, 9.17) is 5.73 Å². The lowest BCUT2D eigenvalue weighted by molar-refractivity contribution is 0.295. The number of hydrogen-bond donors (Lipinski definition) is 1. The van der Waals surface area contributed by atoms with Gasteiger partial charge in [-0.3, -0.25) is 4.90 Å². The van der Waals surface area contributed by atoms with E-state index in [2.05, 4.69) is 28.8 Å². The van der Waals surface area contributed by atoms with Crippen LogP contribution in [0, 0.1) is 11.8 Å². The summed E-state index contributed by atoms with van der Waals surface area (Å²) in [5, 5.41) is 4.31. The van der Waals surface area contributed by atoms with Gasteiger partial charge >= 0.3 is 0 Å². The average Bonchev–Trinajstić information content (AvgIpc) is 2.90. The molecule has 1 fully saturated rings. The smallest absolute Gasteiger partial charge is 0.141 e. The molecule has 1 aromatic heterocycles. The molecule has 1 saturated heterocycles. The first-order valence-electron chi connectivity index (χ1n) is 6.98. The van der Waals surface area contributed by atoms with E-state index >= 15 is 0 Å². The number of hydrogen-bond acceptors (Lipinski definition) is 4. The Morgan fingerprint density at radius 3 is 3.06 bits per heavy atom. The molecule has 18 heavy (non-hydrogen) atoms. The maximum absolute atomic E-state index is 5.62. The standard InChI is InChI=1S/C13H25N5/c1-11(2)7-18-13(15-10-16-18)9-17-6-4-12(8-17)3-5-14/h10-12H,3-9,14H2,1-2H3. The van der Waals surface area contributed by atoms with Gasteiger partial charge in [0.2, 0.25) is 0 Å². The summed E-state index contributed by atoms with van der Waals surface area (Å²) in [5.74, 6) is 2.47. The molecule has 0 radical (unpaired) electrons. The fraction of sp³-hybridized carbons (Fsp3) is 0.846. The maximum atomic E-state index is 5.62. The minimum atomic E-state index is 0.606. The van der Waals surface area contributed by atoms with Gasteiger partial charge in [-0.05, 0) is 37.8 Å². The van der Waals surface area contributed by atoms with E-state index in [1.54, 1.807) is 6.33 Å². The largest absolute Gasteiger partial charge is 0.330 e. The number of rotatable bonds is 6. The first kappa shape index (κ1) is 13.5. The Morgan fingerprint density at radius 2 is 2.33 bits per heavy atom. The van der Waals surface area contributed by atoms with Crippen LogP contribution in [0.3, 0.4) is 0 Å². The van der Waals surface area contributed by atoms with E-state index in [1.807, 2.05) is 4.68 Å². The summed E-state index contributed by atoms with van der Waals surface area (Å²) in [7, 11) is 0. The van der Waals surface area contributed by atoms with Crippen LogP contribution in [0.5, 0.6) is 0 Å². The lowest BCUT2D eigenvalue weighted by atomic mass is 10.1. The molecule has 0 bridgehead atoms. The molecule has 1 aliphatic heterocycles. The monoisotopic (exact) mass is 251 g/mol. The second kappa shape index (κ2) is 6.29. The molecular weight excluding hydrogens is 226 g/mol. The van der Waals surface area contributed by atoms with Gasteiger partial charge in [-0.25, -0.2) is 9.67 Å². The maximum Gasteiger partial charge on any atom is 0.141 e. The molecule has 5 heteroatoms. The summed E-state index contributed by atoms with van der Waals surface area (Å²) in [6.07, 6.45) is 4.09. The molecule has 2 N–H and O–H groups in total. The highest BCUT2D eigenvalue weighted by Gasteiger charge is 2.23. The van der Waals surface area contributed by atoms with Gasteiger partial charge in [-0.15, -0.1) is 0 Å². The van der Waals surface area contributed by atoms with Crippen LogP contribution in [0.15, 0.2) is 6.33 Å². The Labute approximate surface area is 109 Å². The fourth-order valence-corrected chi connectivity index (χ4v) is 2.64. The normalized spacial score (nSPS) is 21.0. The molecule has 0 saturated carbocycles. The zero-order chi connectivity index (χ0) is 13.0. The van der Waals surface area contributed by atoms with Crippen molar-refractivity contribution in [2.24, 2.45) is 17.6 Å². The summed E-state index contributed by atoms with van der Waals surface area (Å²) in [4.78, 5) is 6.86. The topological polar surface area (TPSA) is 60.0 Å². The predicted octanol–water partition coefficient (Wildman–Crippen LogP) is 1.10. The van der Waals surface area contributed by atoms with E-state index in [0.29, 0.717) is 5.92 Å². The zero-order valence-electron chi connectivity index (χ0n) is 11.5. The Morgan fingerprint density at radius 1 is 1.50 bits per heavy atom. The van der Waals surface area contributed by atoms with Gasteiger partial charge < -0.3 is 5.73 Å². The summed E-state index contributed by atoms with van der Waals surface area (Å²) >= 11 is 0. The number of aromatic nitrogens is 3. The van der Waals surface area contributed by atoms with Crippen LogP contribution in [-0.2, 0) is 13.1 Å². The highest BCUT2D eigenvalue weighted by Crippen LogP contribution is 2.20. The highest BCUT2D eigenvalue weighted by molar-refractivity contribution is 4.87. The molecule has 102 valence electrons. The number of likely N-dealkylation sites (tertiary alicyclic amines) is 1. The Bertz CT molecular complexity index is 360. The van der Waals surface area contributed by atoms with Crippen LogP contribution in [0.25, 0.3) is 0 Å². The van der Waals surface area contributed by atoms with Gasteiger partial charge in [0.05, 0.1) is 6.54 Å². The zero-order valence-corrected chi connectivity index (χ0v) is 11.5. The SMILES string of the molecule is CC(C)Cn1ncnc1CN1CCC(CCN)C1. The first-order chi connectivity index (χ1) is 8.69. The lowest BCUT2D eigenvalue weighted by Gasteiger charge is -2.16. The second-order valence-electron chi connectivity index (χ2n) is 5.72. The van der Waals surface area contributed by atoms with Crippen molar-refractivity contribution in [3.8, 4) is 0 Å². The van der Waals surface area contributed by atoms with Crippen molar-refractivity contribution in [2.75, 3.05) is 19.6 Å². The third-order valence-electron chi connectivity index (χ3n) is 3.54. The van der Waals surface area contributed by atoms with E-state index in [0.717, 1.165) is 44.3 Å². The predicted molar refractivity (Wildman–Crippen MR) is 71.9 cm³/mol. The first-order valence-corrected chi connectivity index (χ1v) is 6.98. The average molecular weight is 251 g/mol. The van der Waals surface area contributed by atoms with Gasteiger partial charge in [0.1, 0.15) is 12.2 Å². The van der Waals surface area contributed by atoms with Crippen molar-refractivity contribution in [3.63, 3.8) is 0 Å². The molecule has 0 amide bonds. The molecule has 1 unspecified atom stereocenters. The fourth-order valence-electron chi connectivity index (χ4n) is 2.64. The van der Waals surface area contributed by atoms with E-state index in [-0.39, 0.29) is 0 Å². The van der Waals surface area contributed by atoms with Crippen molar-refractivity contribution in [2.45, 2.75) is 39.8 Å². The summed E-state index contributed by atoms with van der Waals surface area (Å²) in [6, 6.07) is 0. The van der Waals surface area contributed by atoms with Crippen molar-refractivity contribution in [1.29, 1.82) is 0 Å². The molecule has 2 rings (SSSR count). The van der Waals surface area contributed by atoms with Gasteiger partial charge in [0, 0.05) is 13.1 Å². The summed E-state index contributed by atoms with van der Waals surface area (Å²) < 4.78 is 2.04. The molecular formula is C13H25N5.